The Balaban J connectivity index is 1.91. The number of hydrogen-bond acceptors (Lipinski definition) is 4. The number of alkyl halides is 3. The third-order valence-electron chi connectivity index (χ3n) is 4.20. The van der Waals surface area contributed by atoms with Gasteiger partial charge < -0.3 is 4.74 Å². The number of rotatable bonds is 8. The third-order valence-corrected chi connectivity index (χ3v) is 4.20. The summed E-state index contributed by atoms with van der Waals surface area (Å²) in [4.78, 5) is 20.4. The van der Waals surface area contributed by atoms with Crippen LogP contribution in [0.3, 0.4) is 0 Å². The molecule has 4 nitrogen and oxygen atoms in total. The normalized spacial score (nSPS) is 13.1. The summed E-state index contributed by atoms with van der Waals surface area (Å²) in [5.41, 5.74) is 1.92. The predicted molar refractivity (Wildman–Crippen MR) is 108 cm³/mol. The van der Waals surface area contributed by atoms with Gasteiger partial charge in [0.2, 0.25) is 0 Å². The fraction of sp³-hybridized carbons (Fsp3) is 0.318. The minimum atomic E-state index is -4.39. The second-order valence-electron chi connectivity index (χ2n) is 6.53. The van der Waals surface area contributed by atoms with Crippen LogP contribution in [-0.4, -0.2) is 38.1 Å². The average molecular weight is 404 g/mol. The van der Waals surface area contributed by atoms with E-state index in [1.165, 1.54) is 31.0 Å². The summed E-state index contributed by atoms with van der Waals surface area (Å²) in [5.74, 6) is -0.490. The Bertz CT molecular complexity index is 842. The Labute approximate surface area is 168 Å². The maximum atomic E-state index is 12.6. The van der Waals surface area contributed by atoms with Gasteiger partial charge in [-0.05, 0) is 43.0 Å². The van der Waals surface area contributed by atoms with E-state index in [1.807, 2.05) is 31.2 Å². The highest BCUT2D eigenvalue weighted by Gasteiger charge is 2.29. The molecule has 1 atom stereocenters. The second-order valence-corrected chi connectivity index (χ2v) is 6.53. The van der Waals surface area contributed by atoms with E-state index in [9.17, 15) is 18.0 Å². The van der Waals surface area contributed by atoms with Crippen molar-refractivity contribution in [2.45, 2.75) is 32.0 Å². The minimum absolute atomic E-state index is 0.426. The van der Waals surface area contributed by atoms with Crippen LogP contribution in [0.4, 0.5) is 13.2 Å². The molecule has 0 aliphatic rings. The molecule has 1 unspecified atom stereocenters. The zero-order chi connectivity index (χ0) is 21.3. The number of carbonyl (C=O) groups is 1. The van der Waals surface area contributed by atoms with Crippen LogP contribution >= 0.6 is 0 Å². The fourth-order valence-corrected chi connectivity index (χ4v) is 2.52. The standard InChI is InChI=1S/C22H23F3N2O2/c1-16-5-7-17(8-6-16)14-26-13-3-4-20(21(28)29-2)27-15-18-9-11-19(12-10-18)22(23,24)25/h5-12,14-15,20H,3-4,13H2,1-2H3. The van der Waals surface area contributed by atoms with E-state index in [2.05, 4.69) is 9.98 Å². The molecule has 0 N–H and O–H groups in total. The summed E-state index contributed by atoms with van der Waals surface area (Å²) in [6.07, 6.45) is -0.180. The quantitative estimate of drug-likeness (QED) is 0.358. The van der Waals surface area contributed by atoms with Crippen LogP contribution in [0.1, 0.15) is 35.1 Å². The number of carbonyl (C=O) groups excluding carboxylic acids is 1. The topological polar surface area (TPSA) is 51.0 Å². The second kappa shape index (κ2) is 10.5. The maximum absolute atomic E-state index is 12.6. The van der Waals surface area contributed by atoms with Gasteiger partial charge in [0.25, 0.3) is 0 Å². The number of methoxy groups -OCH3 is 1. The first kappa shape index (κ1) is 22.3. The van der Waals surface area contributed by atoms with Crippen molar-refractivity contribution in [3.8, 4) is 0 Å². The fourth-order valence-electron chi connectivity index (χ4n) is 2.52. The van der Waals surface area contributed by atoms with Crippen molar-refractivity contribution in [1.82, 2.24) is 0 Å². The van der Waals surface area contributed by atoms with Crippen molar-refractivity contribution >= 4 is 18.4 Å². The third kappa shape index (κ3) is 7.52. The molecule has 0 aliphatic heterocycles. The molecule has 0 aromatic heterocycles. The van der Waals surface area contributed by atoms with Crippen molar-refractivity contribution in [2.24, 2.45) is 9.98 Å². The lowest BCUT2D eigenvalue weighted by atomic mass is 10.1. The molecular weight excluding hydrogens is 381 g/mol. The summed E-state index contributed by atoms with van der Waals surface area (Å²) in [6, 6.07) is 11.8. The Morgan fingerprint density at radius 2 is 1.62 bits per heavy atom. The van der Waals surface area contributed by atoms with E-state index >= 15 is 0 Å². The summed E-state index contributed by atoms with van der Waals surface area (Å²) >= 11 is 0. The largest absolute Gasteiger partial charge is 0.467 e. The Hall–Kier alpha value is -2.96. The highest BCUT2D eigenvalue weighted by atomic mass is 19.4. The first-order chi connectivity index (χ1) is 13.8. The molecular formula is C22H23F3N2O2. The van der Waals surface area contributed by atoms with Gasteiger partial charge in [-0.3, -0.25) is 9.98 Å². The van der Waals surface area contributed by atoms with Crippen LogP contribution in [0.15, 0.2) is 58.5 Å². The van der Waals surface area contributed by atoms with Gasteiger partial charge in [0.1, 0.15) is 6.04 Å². The van der Waals surface area contributed by atoms with Crippen molar-refractivity contribution in [3.63, 3.8) is 0 Å². The molecule has 0 fully saturated rings. The minimum Gasteiger partial charge on any atom is -0.467 e. The van der Waals surface area contributed by atoms with Crippen LogP contribution in [-0.2, 0) is 15.7 Å². The maximum Gasteiger partial charge on any atom is 0.416 e. The highest BCUT2D eigenvalue weighted by molar-refractivity contribution is 5.84. The number of ether oxygens (including phenoxy) is 1. The van der Waals surface area contributed by atoms with Gasteiger partial charge in [-0.25, -0.2) is 4.79 Å². The van der Waals surface area contributed by atoms with Crippen LogP contribution in [0.2, 0.25) is 0 Å². The van der Waals surface area contributed by atoms with Gasteiger partial charge in [-0.1, -0.05) is 42.0 Å². The van der Waals surface area contributed by atoms with Crippen LogP contribution in [0, 0.1) is 6.92 Å². The molecule has 0 amide bonds. The first-order valence-electron chi connectivity index (χ1n) is 9.14. The smallest absolute Gasteiger partial charge is 0.416 e. The lowest BCUT2D eigenvalue weighted by Gasteiger charge is -2.09. The average Bonchev–Trinajstić information content (AvgIpc) is 2.70. The number of nitrogens with zero attached hydrogens (tertiary/aromatic N) is 2. The van der Waals surface area contributed by atoms with E-state index in [1.54, 1.807) is 6.21 Å². The molecule has 0 aliphatic carbocycles. The Morgan fingerprint density at radius 3 is 2.21 bits per heavy atom. The number of esters is 1. The van der Waals surface area contributed by atoms with Gasteiger partial charge in [0.15, 0.2) is 0 Å². The van der Waals surface area contributed by atoms with Crippen LogP contribution in [0.5, 0.6) is 0 Å². The number of hydrogen-bond donors (Lipinski definition) is 0. The molecule has 0 saturated heterocycles. The van der Waals surface area contributed by atoms with Crippen LogP contribution in [0.25, 0.3) is 0 Å². The lowest BCUT2D eigenvalue weighted by Crippen LogP contribution is -2.20. The highest BCUT2D eigenvalue weighted by Crippen LogP contribution is 2.28. The number of benzene rings is 2. The van der Waals surface area contributed by atoms with Crippen molar-refractivity contribution in [3.05, 3.63) is 70.8 Å². The van der Waals surface area contributed by atoms with E-state index in [-0.39, 0.29) is 0 Å². The van der Waals surface area contributed by atoms with Gasteiger partial charge >= 0.3 is 12.1 Å². The van der Waals surface area contributed by atoms with Gasteiger partial charge in [0.05, 0.1) is 12.7 Å². The monoisotopic (exact) mass is 404 g/mol. The van der Waals surface area contributed by atoms with Crippen LogP contribution < -0.4 is 0 Å². The summed E-state index contributed by atoms with van der Waals surface area (Å²) < 4.78 is 42.6. The molecule has 2 aromatic rings. The van der Waals surface area contributed by atoms with E-state index in [4.69, 9.17) is 4.74 Å². The van der Waals surface area contributed by atoms with E-state index in [0.717, 1.165) is 17.7 Å². The van der Waals surface area contributed by atoms with Crippen molar-refractivity contribution < 1.29 is 22.7 Å². The number of halogens is 3. The molecule has 0 heterocycles. The van der Waals surface area contributed by atoms with Crippen molar-refractivity contribution in [2.75, 3.05) is 13.7 Å². The van der Waals surface area contributed by atoms with E-state index < -0.39 is 23.8 Å². The summed E-state index contributed by atoms with van der Waals surface area (Å²) in [7, 11) is 1.28. The lowest BCUT2D eigenvalue weighted by molar-refractivity contribution is -0.142. The molecule has 0 bridgehead atoms. The zero-order valence-corrected chi connectivity index (χ0v) is 16.3. The molecule has 2 aromatic carbocycles. The number of aliphatic imine (C=N–C) groups is 2. The first-order valence-corrected chi connectivity index (χ1v) is 9.14. The Morgan fingerprint density at radius 1 is 1.03 bits per heavy atom. The number of aryl methyl sites for hydroxylation is 1. The Kier molecular flexibility index (Phi) is 8.12. The SMILES string of the molecule is COC(=O)C(CCCN=Cc1ccc(C)cc1)N=Cc1ccc(C(F)(F)F)cc1. The van der Waals surface area contributed by atoms with E-state index in [0.29, 0.717) is 24.9 Å². The van der Waals surface area contributed by atoms with Gasteiger partial charge in [-0.15, -0.1) is 0 Å². The summed E-state index contributed by atoms with van der Waals surface area (Å²) in [5, 5.41) is 0. The molecule has 2 rings (SSSR count). The molecule has 0 spiro atoms. The molecule has 154 valence electrons. The predicted octanol–water partition coefficient (Wildman–Crippen LogP) is 4.87. The molecule has 0 radical (unpaired) electrons. The summed E-state index contributed by atoms with van der Waals surface area (Å²) in [6.45, 7) is 2.54. The van der Waals surface area contributed by atoms with Gasteiger partial charge in [0, 0.05) is 19.0 Å². The molecule has 7 heteroatoms. The molecule has 29 heavy (non-hydrogen) atoms. The molecule has 0 saturated carbocycles. The van der Waals surface area contributed by atoms with Gasteiger partial charge in [-0.2, -0.15) is 13.2 Å². The zero-order valence-electron chi connectivity index (χ0n) is 16.3. The van der Waals surface area contributed by atoms with Crippen molar-refractivity contribution in [1.29, 1.82) is 0 Å².